The number of rotatable bonds is 9. The summed E-state index contributed by atoms with van der Waals surface area (Å²) in [7, 11) is 1.62. The van der Waals surface area contributed by atoms with Gasteiger partial charge in [0.25, 0.3) is 5.56 Å². The van der Waals surface area contributed by atoms with Crippen LogP contribution in [0, 0.1) is 0 Å². The van der Waals surface area contributed by atoms with E-state index >= 15 is 0 Å². The van der Waals surface area contributed by atoms with Crippen molar-refractivity contribution in [2.45, 2.75) is 44.4 Å². The van der Waals surface area contributed by atoms with Gasteiger partial charge < -0.3 is 10.1 Å². The van der Waals surface area contributed by atoms with E-state index in [4.69, 9.17) is 4.74 Å². The molecule has 0 unspecified atom stereocenters. The first-order chi connectivity index (χ1) is 14.5. The van der Waals surface area contributed by atoms with E-state index in [1.807, 2.05) is 49.4 Å². The number of nitrogens with zero attached hydrogens (tertiary/aromatic N) is 2. The molecule has 0 fully saturated rings. The first kappa shape index (κ1) is 21.9. The van der Waals surface area contributed by atoms with Gasteiger partial charge in [-0.1, -0.05) is 49.4 Å². The van der Waals surface area contributed by atoms with E-state index in [2.05, 4.69) is 17.2 Å². The maximum atomic E-state index is 13.2. The molecular weight excluding hydrogens is 398 g/mol. The average molecular weight is 426 g/mol. The molecule has 6 nitrogen and oxygen atoms in total. The van der Waals surface area contributed by atoms with Crippen LogP contribution in [-0.2, 0) is 11.3 Å². The molecular formula is C23H27N3O3S. The third-order valence-corrected chi connectivity index (χ3v) is 5.76. The lowest BCUT2D eigenvalue weighted by molar-refractivity contribution is -0.119. The molecule has 1 heterocycles. The molecule has 2 aromatic carbocycles. The molecule has 0 spiro atoms. The number of methoxy groups -OCH3 is 1. The van der Waals surface area contributed by atoms with Gasteiger partial charge in [0.2, 0.25) is 5.91 Å². The van der Waals surface area contributed by atoms with Gasteiger partial charge in [-0.15, -0.1) is 0 Å². The molecule has 30 heavy (non-hydrogen) atoms. The molecule has 0 aliphatic carbocycles. The van der Waals surface area contributed by atoms with Crippen molar-refractivity contribution < 1.29 is 9.53 Å². The highest BCUT2D eigenvalue weighted by molar-refractivity contribution is 7.99. The number of benzene rings is 2. The molecule has 0 saturated carbocycles. The largest absolute Gasteiger partial charge is 0.497 e. The number of nitrogens with one attached hydrogen (secondary N) is 1. The number of hydrogen-bond acceptors (Lipinski definition) is 5. The molecule has 7 heteroatoms. The molecule has 0 aliphatic heterocycles. The second kappa shape index (κ2) is 10.3. The first-order valence-corrected chi connectivity index (χ1v) is 11.0. The number of amides is 1. The number of carbonyl (C=O) groups is 1. The minimum absolute atomic E-state index is 0.0562. The van der Waals surface area contributed by atoms with Crippen molar-refractivity contribution in [2.75, 3.05) is 12.9 Å². The van der Waals surface area contributed by atoms with Crippen molar-refractivity contribution in [1.82, 2.24) is 14.9 Å². The quantitative estimate of drug-likeness (QED) is 0.416. The summed E-state index contributed by atoms with van der Waals surface area (Å²) in [5.41, 5.74) is 1.48. The minimum atomic E-state index is -0.112. The van der Waals surface area contributed by atoms with E-state index in [1.165, 1.54) is 11.8 Å². The highest BCUT2D eigenvalue weighted by atomic mass is 32.2. The minimum Gasteiger partial charge on any atom is -0.497 e. The first-order valence-electron chi connectivity index (χ1n) is 10.1. The van der Waals surface area contributed by atoms with Crippen LogP contribution in [-0.4, -0.2) is 34.4 Å². The Bertz CT molecular complexity index is 1060. The monoisotopic (exact) mass is 425 g/mol. The molecule has 0 bridgehead atoms. The van der Waals surface area contributed by atoms with Gasteiger partial charge in [0.05, 0.1) is 30.3 Å². The van der Waals surface area contributed by atoms with Gasteiger partial charge in [-0.3, -0.25) is 14.2 Å². The van der Waals surface area contributed by atoms with Crippen LogP contribution in [0.2, 0.25) is 0 Å². The number of para-hydroxylation sites is 1. The maximum absolute atomic E-state index is 13.2. The Labute approximate surface area is 180 Å². The van der Waals surface area contributed by atoms with Gasteiger partial charge >= 0.3 is 0 Å². The van der Waals surface area contributed by atoms with Crippen LogP contribution in [0.15, 0.2) is 58.5 Å². The SMILES string of the molecule is CCC[C@H](C)NC(=O)CSc1nc2ccccc2c(=O)n1Cc1ccc(OC)cc1. The van der Waals surface area contributed by atoms with E-state index in [1.54, 1.807) is 17.7 Å². The van der Waals surface area contributed by atoms with Crippen LogP contribution in [0.1, 0.15) is 32.3 Å². The lowest BCUT2D eigenvalue weighted by Crippen LogP contribution is -2.34. The fraction of sp³-hybridized carbons (Fsp3) is 0.348. The van der Waals surface area contributed by atoms with E-state index in [0.717, 1.165) is 24.2 Å². The molecule has 0 radical (unpaired) electrons. The van der Waals surface area contributed by atoms with Crippen molar-refractivity contribution >= 4 is 28.6 Å². The number of carbonyl (C=O) groups excluding carboxylic acids is 1. The summed E-state index contributed by atoms with van der Waals surface area (Å²) < 4.78 is 6.85. The summed E-state index contributed by atoms with van der Waals surface area (Å²) in [5, 5.41) is 4.10. The highest BCUT2D eigenvalue weighted by Crippen LogP contribution is 2.20. The zero-order valence-electron chi connectivity index (χ0n) is 17.6. The Kier molecular flexibility index (Phi) is 7.52. The Morgan fingerprint density at radius 1 is 1.20 bits per heavy atom. The lowest BCUT2D eigenvalue weighted by Gasteiger charge is -2.15. The number of ether oxygens (including phenoxy) is 1. The number of hydrogen-bond donors (Lipinski definition) is 1. The van der Waals surface area contributed by atoms with Crippen LogP contribution in [0.5, 0.6) is 5.75 Å². The second-order valence-electron chi connectivity index (χ2n) is 7.20. The lowest BCUT2D eigenvalue weighted by atomic mass is 10.2. The normalized spacial score (nSPS) is 12.0. The molecule has 0 aliphatic rings. The topological polar surface area (TPSA) is 73.2 Å². The summed E-state index contributed by atoms with van der Waals surface area (Å²) in [6.07, 6.45) is 1.95. The van der Waals surface area contributed by atoms with Crippen LogP contribution in [0.4, 0.5) is 0 Å². The van der Waals surface area contributed by atoms with Gasteiger partial charge in [-0.25, -0.2) is 4.98 Å². The molecule has 1 atom stereocenters. The third-order valence-electron chi connectivity index (χ3n) is 4.79. The summed E-state index contributed by atoms with van der Waals surface area (Å²) >= 11 is 1.29. The Morgan fingerprint density at radius 3 is 2.63 bits per heavy atom. The Hall–Kier alpha value is -2.80. The van der Waals surface area contributed by atoms with E-state index < -0.39 is 0 Å². The van der Waals surface area contributed by atoms with Crippen LogP contribution in [0.3, 0.4) is 0 Å². The van der Waals surface area contributed by atoms with Crippen molar-refractivity contribution in [1.29, 1.82) is 0 Å². The van der Waals surface area contributed by atoms with Gasteiger partial charge in [-0.05, 0) is 43.2 Å². The van der Waals surface area contributed by atoms with Crippen LogP contribution < -0.4 is 15.6 Å². The van der Waals surface area contributed by atoms with E-state index in [0.29, 0.717) is 22.6 Å². The van der Waals surface area contributed by atoms with Crippen molar-refractivity contribution in [2.24, 2.45) is 0 Å². The van der Waals surface area contributed by atoms with E-state index in [-0.39, 0.29) is 23.3 Å². The number of aromatic nitrogens is 2. The fourth-order valence-electron chi connectivity index (χ4n) is 3.26. The van der Waals surface area contributed by atoms with Crippen LogP contribution in [0.25, 0.3) is 10.9 Å². The van der Waals surface area contributed by atoms with Crippen LogP contribution >= 0.6 is 11.8 Å². The van der Waals surface area contributed by atoms with Gasteiger partial charge in [0, 0.05) is 6.04 Å². The molecule has 158 valence electrons. The summed E-state index contributed by atoms with van der Waals surface area (Å²) in [6.45, 7) is 4.46. The Balaban J connectivity index is 1.88. The smallest absolute Gasteiger partial charge is 0.262 e. The maximum Gasteiger partial charge on any atom is 0.262 e. The molecule has 3 aromatic rings. The fourth-order valence-corrected chi connectivity index (χ4v) is 4.07. The highest BCUT2D eigenvalue weighted by Gasteiger charge is 2.14. The van der Waals surface area contributed by atoms with E-state index in [9.17, 15) is 9.59 Å². The zero-order valence-corrected chi connectivity index (χ0v) is 18.4. The zero-order chi connectivity index (χ0) is 21.5. The molecule has 1 N–H and O–H groups in total. The summed E-state index contributed by atoms with van der Waals surface area (Å²) in [6, 6.07) is 15.0. The molecule has 1 amide bonds. The van der Waals surface area contributed by atoms with Gasteiger partial charge in [0.15, 0.2) is 5.16 Å². The summed E-state index contributed by atoms with van der Waals surface area (Å²) in [5.74, 6) is 0.913. The van der Waals surface area contributed by atoms with Crippen molar-refractivity contribution in [3.63, 3.8) is 0 Å². The standard InChI is InChI=1S/C23H27N3O3S/c1-4-7-16(2)24-21(27)15-30-23-25-20-9-6-5-8-19(20)22(28)26(23)14-17-10-12-18(29-3)13-11-17/h5-6,8-13,16H,4,7,14-15H2,1-3H3,(H,24,27)/t16-/m0/s1. The number of thioether (sulfide) groups is 1. The predicted octanol–water partition coefficient (Wildman–Crippen LogP) is 3.85. The van der Waals surface area contributed by atoms with Gasteiger partial charge in [0.1, 0.15) is 5.75 Å². The second-order valence-corrected chi connectivity index (χ2v) is 8.14. The van der Waals surface area contributed by atoms with Crippen molar-refractivity contribution in [3.05, 3.63) is 64.4 Å². The molecule has 3 rings (SSSR count). The number of fused-ring (bicyclic) bond motifs is 1. The predicted molar refractivity (Wildman–Crippen MR) is 121 cm³/mol. The Morgan fingerprint density at radius 2 is 1.93 bits per heavy atom. The molecule has 0 saturated heterocycles. The summed E-state index contributed by atoms with van der Waals surface area (Å²) in [4.78, 5) is 30.2. The van der Waals surface area contributed by atoms with Crippen molar-refractivity contribution in [3.8, 4) is 5.75 Å². The van der Waals surface area contributed by atoms with Gasteiger partial charge in [-0.2, -0.15) is 0 Å². The molecule has 1 aromatic heterocycles. The average Bonchev–Trinajstić information content (AvgIpc) is 2.75. The third kappa shape index (κ3) is 5.42.